The second-order valence-corrected chi connectivity index (χ2v) is 7.08. The average Bonchev–Trinajstić information content (AvgIpc) is 3.10. The van der Waals surface area contributed by atoms with Crippen LogP contribution >= 0.6 is 11.3 Å². The van der Waals surface area contributed by atoms with Gasteiger partial charge in [-0.3, -0.25) is 4.79 Å². The summed E-state index contributed by atoms with van der Waals surface area (Å²) in [4.78, 5) is 12.3. The van der Waals surface area contributed by atoms with E-state index < -0.39 is 0 Å². The van der Waals surface area contributed by atoms with Gasteiger partial charge in [-0.15, -0.1) is 10.2 Å². The molecular formula is C20H21N3O3S. The molecule has 3 aromatic rings. The van der Waals surface area contributed by atoms with Crippen molar-refractivity contribution < 1.29 is 14.3 Å². The Labute approximate surface area is 162 Å². The van der Waals surface area contributed by atoms with Crippen LogP contribution in [0.2, 0.25) is 0 Å². The average molecular weight is 383 g/mol. The second kappa shape index (κ2) is 8.64. The molecule has 0 unspecified atom stereocenters. The van der Waals surface area contributed by atoms with Crippen molar-refractivity contribution in [3.05, 3.63) is 64.2 Å². The van der Waals surface area contributed by atoms with Crippen LogP contribution in [0.5, 0.6) is 11.5 Å². The molecule has 0 aliphatic heterocycles. The summed E-state index contributed by atoms with van der Waals surface area (Å²) in [5.41, 5.74) is 3.13. The van der Waals surface area contributed by atoms with Crippen LogP contribution < -0.4 is 14.8 Å². The summed E-state index contributed by atoms with van der Waals surface area (Å²) in [7, 11) is 3.21. The maximum atomic E-state index is 12.3. The first-order valence-electron chi connectivity index (χ1n) is 8.46. The fourth-order valence-corrected chi connectivity index (χ4v) is 3.48. The summed E-state index contributed by atoms with van der Waals surface area (Å²) in [6.45, 7) is 1.99. The smallest absolute Gasteiger partial charge is 0.230 e. The van der Waals surface area contributed by atoms with Crippen LogP contribution in [-0.4, -0.2) is 30.3 Å². The Morgan fingerprint density at radius 1 is 1.07 bits per heavy atom. The van der Waals surface area contributed by atoms with Crippen molar-refractivity contribution in [3.63, 3.8) is 0 Å². The van der Waals surface area contributed by atoms with E-state index in [1.807, 2.05) is 49.4 Å². The number of nitrogens with one attached hydrogen (secondary N) is 1. The van der Waals surface area contributed by atoms with E-state index in [2.05, 4.69) is 15.5 Å². The number of amides is 1. The molecule has 0 aliphatic carbocycles. The largest absolute Gasteiger partial charge is 0.493 e. The summed E-state index contributed by atoms with van der Waals surface area (Å²) in [5.74, 6) is 1.26. The van der Waals surface area contributed by atoms with Gasteiger partial charge in [-0.2, -0.15) is 0 Å². The molecule has 1 amide bonds. The normalized spacial score (nSPS) is 10.5. The molecule has 140 valence electrons. The van der Waals surface area contributed by atoms with Gasteiger partial charge < -0.3 is 14.8 Å². The summed E-state index contributed by atoms with van der Waals surface area (Å²) in [6.07, 6.45) is 0.920. The molecule has 0 fully saturated rings. The Morgan fingerprint density at radius 2 is 1.85 bits per heavy atom. The van der Waals surface area contributed by atoms with Gasteiger partial charge in [0.25, 0.3) is 0 Å². The molecule has 0 bridgehead atoms. The number of nitrogens with zero attached hydrogens (tertiary/aromatic N) is 2. The van der Waals surface area contributed by atoms with E-state index in [1.54, 1.807) is 14.2 Å². The number of aryl methyl sites for hydroxylation is 1. The van der Waals surface area contributed by atoms with Gasteiger partial charge in [0.05, 0.1) is 20.6 Å². The fraction of sp³-hybridized carbons (Fsp3) is 0.250. The molecule has 0 saturated carbocycles. The van der Waals surface area contributed by atoms with E-state index in [1.165, 1.54) is 11.3 Å². The zero-order chi connectivity index (χ0) is 19.2. The third kappa shape index (κ3) is 4.83. The molecule has 0 spiro atoms. The molecule has 0 aliphatic rings. The fourth-order valence-electron chi connectivity index (χ4n) is 2.69. The van der Waals surface area contributed by atoms with Crippen LogP contribution in [0.1, 0.15) is 21.7 Å². The molecule has 2 aromatic carbocycles. The van der Waals surface area contributed by atoms with Gasteiger partial charge in [0.15, 0.2) is 11.5 Å². The van der Waals surface area contributed by atoms with Gasteiger partial charge in [0.1, 0.15) is 5.01 Å². The number of hydrogen-bond donors (Lipinski definition) is 1. The SMILES string of the molecule is COc1ccc(Cc2nnc(NC(=O)Cc3ccccc3C)s2)cc1OC. The Morgan fingerprint density at radius 3 is 2.59 bits per heavy atom. The van der Waals surface area contributed by atoms with Gasteiger partial charge in [0, 0.05) is 6.42 Å². The zero-order valence-electron chi connectivity index (χ0n) is 15.5. The van der Waals surface area contributed by atoms with Crippen molar-refractivity contribution in [3.8, 4) is 11.5 Å². The molecule has 3 rings (SSSR count). The van der Waals surface area contributed by atoms with Gasteiger partial charge in [-0.05, 0) is 35.7 Å². The summed E-state index contributed by atoms with van der Waals surface area (Å²) >= 11 is 1.37. The molecule has 1 aromatic heterocycles. The third-order valence-corrected chi connectivity index (χ3v) is 4.97. The maximum Gasteiger partial charge on any atom is 0.230 e. The Bertz CT molecular complexity index is 940. The van der Waals surface area contributed by atoms with Crippen molar-refractivity contribution in [1.29, 1.82) is 0 Å². The summed E-state index contributed by atoms with van der Waals surface area (Å²) < 4.78 is 10.6. The molecule has 27 heavy (non-hydrogen) atoms. The van der Waals surface area contributed by atoms with E-state index >= 15 is 0 Å². The van der Waals surface area contributed by atoms with E-state index in [4.69, 9.17) is 9.47 Å². The maximum absolute atomic E-state index is 12.3. The highest BCUT2D eigenvalue weighted by Crippen LogP contribution is 2.29. The minimum Gasteiger partial charge on any atom is -0.493 e. The Balaban J connectivity index is 1.63. The topological polar surface area (TPSA) is 73.3 Å². The van der Waals surface area contributed by atoms with Crippen molar-refractivity contribution in [2.75, 3.05) is 19.5 Å². The van der Waals surface area contributed by atoms with Crippen LogP contribution in [0, 0.1) is 6.92 Å². The number of ether oxygens (including phenoxy) is 2. The van der Waals surface area contributed by atoms with Crippen LogP contribution in [0.15, 0.2) is 42.5 Å². The van der Waals surface area contributed by atoms with E-state index in [0.29, 0.717) is 29.5 Å². The van der Waals surface area contributed by atoms with Crippen LogP contribution in [0.25, 0.3) is 0 Å². The number of methoxy groups -OCH3 is 2. The summed E-state index contributed by atoms with van der Waals surface area (Å²) in [5, 5.41) is 12.4. The van der Waals surface area contributed by atoms with E-state index in [0.717, 1.165) is 21.7 Å². The van der Waals surface area contributed by atoms with Crippen molar-refractivity contribution in [2.24, 2.45) is 0 Å². The Hall–Kier alpha value is -2.93. The lowest BCUT2D eigenvalue weighted by molar-refractivity contribution is -0.115. The molecular weight excluding hydrogens is 362 g/mol. The third-order valence-electron chi connectivity index (χ3n) is 4.13. The standard InChI is InChI=1S/C20H21N3O3S/c1-13-6-4-5-7-15(13)12-18(24)21-20-23-22-19(27-20)11-14-8-9-16(25-2)17(10-14)26-3/h4-10H,11-12H2,1-3H3,(H,21,23,24). The number of carbonyl (C=O) groups is 1. The zero-order valence-corrected chi connectivity index (χ0v) is 16.3. The predicted octanol–water partition coefficient (Wildman–Crippen LogP) is 3.64. The number of anilines is 1. The van der Waals surface area contributed by atoms with E-state index in [-0.39, 0.29) is 5.91 Å². The first-order chi connectivity index (χ1) is 13.1. The highest BCUT2D eigenvalue weighted by molar-refractivity contribution is 7.15. The first-order valence-corrected chi connectivity index (χ1v) is 9.28. The number of carbonyl (C=O) groups excluding carboxylic acids is 1. The van der Waals surface area contributed by atoms with E-state index in [9.17, 15) is 4.79 Å². The first kappa shape index (κ1) is 18.8. The van der Waals surface area contributed by atoms with Gasteiger partial charge in [0.2, 0.25) is 11.0 Å². The van der Waals surface area contributed by atoms with Crippen molar-refractivity contribution in [1.82, 2.24) is 10.2 Å². The lowest BCUT2D eigenvalue weighted by Crippen LogP contribution is -2.14. The van der Waals surface area contributed by atoms with Crippen LogP contribution in [0.4, 0.5) is 5.13 Å². The molecule has 0 radical (unpaired) electrons. The number of rotatable bonds is 7. The molecule has 7 heteroatoms. The second-order valence-electron chi connectivity index (χ2n) is 6.02. The monoisotopic (exact) mass is 383 g/mol. The molecule has 1 N–H and O–H groups in total. The Kier molecular flexibility index (Phi) is 6.03. The molecule has 0 saturated heterocycles. The summed E-state index contributed by atoms with van der Waals surface area (Å²) in [6, 6.07) is 13.6. The van der Waals surface area contributed by atoms with Crippen LogP contribution in [-0.2, 0) is 17.6 Å². The molecule has 6 nitrogen and oxygen atoms in total. The minimum absolute atomic E-state index is 0.0990. The highest BCUT2D eigenvalue weighted by atomic mass is 32.1. The molecule has 0 atom stereocenters. The lowest BCUT2D eigenvalue weighted by atomic mass is 10.1. The highest BCUT2D eigenvalue weighted by Gasteiger charge is 2.12. The molecule has 1 heterocycles. The van der Waals surface area contributed by atoms with Gasteiger partial charge in [-0.1, -0.05) is 41.7 Å². The van der Waals surface area contributed by atoms with Crippen molar-refractivity contribution in [2.45, 2.75) is 19.8 Å². The number of aromatic nitrogens is 2. The minimum atomic E-state index is -0.0990. The predicted molar refractivity (Wildman–Crippen MR) is 106 cm³/mol. The number of hydrogen-bond acceptors (Lipinski definition) is 6. The van der Waals surface area contributed by atoms with Crippen LogP contribution in [0.3, 0.4) is 0 Å². The quantitative estimate of drug-likeness (QED) is 0.674. The van der Waals surface area contributed by atoms with Gasteiger partial charge >= 0.3 is 0 Å². The van der Waals surface area contributed by atoms with Crippen molar-refractivity contribution >= 4 is 22.4 Å². The number of benzene rings is 2. The van der Waals surface area contributed by atoms with Gasteiger partial charge in [-0.25, -0.2) is 0 Å². The lowest BCUT2D eigenvalue weighted by Gasteiger charge is -2.08.